The van der Waals surface area contributed by atoms with Crippen molar-refractivity contribution in [1.82, 2.24) is 4.90 Å². The van der Waals surface area contributed by atoms with Crippen molar-refractivity contribution in [1.29, 1.82) is 5.26 Å². The van der Waals surface area contributed by atoms with Crippen molar-refractivity contribution in [3.8, 4) is 6.07 Å². The Morgan fingerprint density at radius 2 is 2.24 bits per heavy atom. The predicted octanol–water partition coefficient (Wildman–Crippen LogP) is 0.139. The summed E-state index contributed by atoms with van der Waals surface area (Å²) in [5.41, 5.74) is 5.58. The molecule has 112 valence electrons. The standard InChI is InChI=1S/C14H17N3O3S/c15-9-11-2-1-3-13(8-11)21(19,20)7-6-17-5-4-12(10-17)14(16)18/h1-3,8,12H,4-7,10H2,(H2,16,18). The summed E-state index contributed by atoms with van der Waals surface area (Å²) in [5, 5.41) is 8.81. The number of hydrogen-bond donors (Lipinski definition) is 1. The molecule has 0 radical (unpaired) electrons. The van der Waals surface area contributed by atoms with Gasteiger partial charge in [0.25, 0.3) is 0 Å². The third-order valence-electron chi connectivity index (χ3n) is 3.67. The normalized spacial score (nSPS) is 19.3. The van der Waals surface area contributed by atoms with E-state index in [1.54, 1.807) is 12.1 Å². The van der Waals surface area contributed by atoms with E-state index >= 15 is 0 Å². The molecule has 6 nitrogen and oxygen atoms in total. The van der Waals surface area contributed by atoms with Crippen LogP contribution < -0.4 is 5.73 Å². The number of nitriles is 1. The highest BCUT2D eigenvalue weighted by Crippen LogP contribution is 2.17. The molecule has 7 heteroatoms. The van der Waals surface area contributed by atoms with Gasteiger partial charge in [0.05, 0.1) is 28.2 Å². The van der Waals surface area contributed by atoms with Gasteiger partial charge in [-0.1, -0.05) is 6.07 Å². The number of amides is 1. The van der Waals surface area contributed by atoms with Crippen LogP contribution in [0.5, 0.6) is 0 Å². The number of sulfone groups is 1. The maximum Gasteiger partial charge on any atom is 0.221 e. The van der Waals surface area contributed by atoms with Crippen molar-refractivity contribution in [3.63, 3.8) is 0 Å². The van der Waals surface area contributed by atoms with Crippen LogP contribution in [0.15, 0.2) is 29.2 Å². The first-order valence-electron chi connectivity index (χ1n) is 6.67. The van der Waals surface area contributed by atoms with Gasteiger partial charge < -0.3 is 10.6 Å². The summed E-state index contributed by atoms with van der Waals surface area (Å²) in [6.07, 6.45) is 0.680. The van der Waals surface area contributed by atoms with Crippen LogP contribution in [0, 0.1) is 17.2 Å². The number of hydrogen-bond acceptors (Lipinski definition) is 5. The summed E-state index contributed by atoms with van der Waals surface area (Å²) in [6.45, 7) is 1.56. The third-order valence-corrected chi connectivity index (χ3v) is 5.37. The smallest absolute Gasteiger partial charge is 0.221 e. The van der Waals surface area contributed by atoms with Gasteiger partial charge in [0.15, 0.2) is 9.84 Å². The van der Waals surface area contributed by atoms with E-state index in [0.717, 1.165) is 0 Å². The fourth-order valence-electron chi connectivity index (χ4n) is 2.39. The Morgan fingerprint density at radius 3 is 2.86 bits per heavy atom. The fourth-order valence-corrected chi connectivity index (χ4v) is 3.72. The van der Waals surface area contributed by atoms with Crippen molar-refractivity contribution in [2.45, 2.75) is 11.3 Å². The third kappa shape index (κ3) is 3.80. The summed E-state index contributed by atoms with van der Waals surface area (Å²) in [7, 11) is -3.43. The van der Waals surface area contributed by atoms with Gasteiger partial charge in [0, 0.05) is 13.1 Å². The lowest BCUT2D eigenvalue weighted by Crippen LogP contribution is -2.30. The molecule has 0 aromatic heterocycles. The second-order valence-electron chi connectivity index (χ2n) is 5.15. The first-order chi connectivity index (χ1) is 9.92. The number of nitrogens with zero attached hydrogens (tertiary/aromatic N) is 2. The lowest BCUT2D eigenvalue weighted by Gasteiger charge is -2.15. The molecule has 2 rings (SSSR count). The maximum absolute atomic E-state index is 12.2. The van der Waals surface area contributed by atoms with Crippen LogP contribution in [-0.2, 0) is 14.6 Å². The Hall–Kier alpha value is -1.91. The molecule has 1 amide bonds. The summed E-state index contributed by atoms with van der Waals surface area (Å²) in [4.78, 5) is 13.2. The molecule has 0 spiro atoms. The molecule has 0 bridgehead atoms. The number of rotatable bonds is 5. The largest absolute Gasteiger partial charge is 0.369 e. The van der Waals surface area contributed by atoms with E-state index in [4.69, 9.17) is 11.0 Å². The maximum atomic E-state index is 12.2. The molecule has 21 heavy (non-hydrogen) atoms. The van der Waals surface area contributed by atoms with Gasteiger partial charge in [-0.3, -0.25) is 4.79 Å². The van der Waals surface area contributed by atoms with Crippen LogP contribution in [-0.4, -0.2) is 44.6 Å². The second kappa shape index (κ2) is 6.24. The van der Waals surface area contributed by atoms with Crippen LogP contribution in [0.2, 0.25) is 0 Å². The van der Waals surface area contributed by atoms with Gasteiger partial charge >= 0.3 is 0 Å². The number of carbonyl (C=O) groups excluding carboxylic acids is 1. The molecule has 1 fully saturated rings. The summed E-state index contributed by atoms with van der Waals surface area (Å²) in [6, 6.07) is 7.93. The van der Waals surface area contributed by atoms with E-state index in [1.165, 1.54) is 12.1 Å². The summed E-state index contributed by atoms with van der Waals surface area (Å²) in [5.74, 6) is -0.551. The van der Waals surface area contributed by atoms with Crippen LogP contribution in [0.25, 0.3) is 0 Å². The zero-order valence-corrected chi connectivity index (χ0v) is 12.3. The van der Waals surface area contributed by atoms with E-state index in [1.807, 2.05) is 11.0 Å². The van der Waals surface area contributed by atoms with Crippen LogP contribution in [0.4, 0.5) is 0 Å². The van der Waals surface area contributed by atoms with Crippen molar-refractivity contribution in [2.75, 3.05) is 25.4 Å². The predicted molar refractivity (Wildman–Crippen MR) is 77.0 cm³/mol. The van der Waals surface area contributed by atoms with E-state index in [0.29, 0.717) is 31.6 Å². The molecule has 1 aromatic rings. The molecule has 0 aliphatic carbocycles. The highest BCUT2D eigenvalue weighted by atomic mass is 32.2. The highest BCUT2D eigenvalue weighted by molar-refractivity contribution is 7.91. The number of likely N-dealkylation sites (tertiary alicyclic amines) is 1. The Kier molecular flexibility index (Phi) is 4.60. The number of benzene rings is 1. The Balaban J connectivity index is 1.99. The average molecular weight is 307 g/mol. The Morgan fingerprint density at radius 1 is 1.48 bits per heavy atom. The lowest BCUT2D eigenvalue weighted by atomic mass is 10.1. The zero-order chi connectivity index (χ0) is 15.5. The molecule has 1 aliphatic heterocycles. The van der Waals surface area contributed by atoms with E-state index in [9.17, 15) is 13.2 Å². The molecule has 2 N–H and O–H groups in total. The van der Waals surface area contributed by atoms with Crippen molar-refractivity contribution in [3.05, 3.63) is 29.8 Å². The van der Waals surface area contributed by atoms with Gasteiger partial charge in [-0.15, -0.1) is 0 Å². The molecule has 0 saturated carbocycles. The molecule has 1 aromatic carbocycles. The topological polar surface area (TPSA) is 104 Å². The monoisotopic (exact) mass is 307 g/mol. The zero-order valence-electron chi connectivity index (χ0n) is 11.5. The quantitative estimate of drug-likeness (QED) is 0.833. The Labute approximate surface area is 124 Å². The minimum Gasteiger partial charge on any atom is -0.369 e. The average Bonchev–Trinajstić information content (AvgIpc) is 2.94. The fraction of sp³-hybridized carbons (Fsp3) is 0.429. The van der Waals surface area contributed by atoms with E-state index in [-0.39, 0.29) is 22.5 Å². The lowest BCUT2D eigenvalue weighted by molar-refractivity contribution is -0.121. The van der Waals surface area contributed by atoms with Gasteiger partial charge in [0.2, 0.25) is 5.91 Å². The highest BCUT2D eigenvalue weighted by Gasteiger charge is 2.27. The molecule has 1 saturated heterocycles. The van der Waals surface area contributed by atoms with Gasteiger partial charge in [0.1, 0.15) is 0 Å². The first-order valence-corrected chi connectivity index (χ1v) is 8.32. The van der Waals surface area contributed by atoms with Crippen molar-refractivity contribution < 1.29 is 13.2 Å². The molecular weight excluding hydrogens is 290 g/mol. The molecule has 1 heterocycles. The van der Waals surface area contributed by atoms with E-state index < -0.39 is 9.84 Å². The SMILES string of the molecule is N#Cc1cccc(S(=O)(=O)CCN2CCC(C(N)=O)C2)c1. The Bertz CT molecular complexity index is 679. The van der Waals surface area contributed by atoms with Crippen LogP contribution >= 0.6 is 0 Å². The minimum atomic E-state index is -3.43. The van der Waals surface area contributed by atoms with Gasteiger partial charge in [-0.05, 0) is 31.2 Å². The number of primary amides is 1. The first kappa shape index (κ1) is 15.5. The molecule has 1 aliphatic rings. The van der Waals surface area contributed by atoms with Gasteiger partial charge in [-0.2, -0.15) is 5.26 Å². The van der Waals surface area contributed by atoms with Crippen LogP contribution in [0.3, 0.4) is 0 Å². The molecule has 1 atom stereocenters. The summed E-state index contributed by atoms with van der Waals surface area (Å²) < 4.78 is 24.5. The number of carbonyl (C=O) groups is 1. The van der Waals surface area contributed by atoms with Crippen molar-refractivity contribution in [2.24, 2.45) is 11.7 Å². The van der Waals surface area contributed by atoms with Crippen molar-refractivity contribution >= 4 is 15.7 Å². The minimum absolute atomic E-state index is 0.0344. The summed E-state index contributed by atoms with van der Waals surface area (Å²) >= 11 is 0. The second-order valence-corrected chi connectivity index (χ2v) is 7.26. The van der Waals surface area contributed by atoms with Gasteiger partial charge in [-0.25, -0.2) is 8.42 Å². The molecule has 1 unspecified atom stereocenters. The molecular formula is C14H17N3O3S. The van der Waals surface area contributed by atoms with Crippen LogP contribution in [0.1, 0.15) is 12.0 Å². The van der Waals surface area contributed by atoms with E-state index in [2.05, 4.69) is 0 Å². The number of nitrogens with two attached hydrogens (primary N) is 1.